The van der Waals surface area contributed by atoms with Gasteiger partial charge in [-0.05, 0) is 18.2 Å². The maximum atomic E-state index is 12.2. The molecule has 1 N–H and O–H groups in total. The van der Waals surface area contributed by atoms with Crippen molar-refractivity contribution in [2.75, 3.05) is 7.11 Å². The first-order chi connectivity index (χ1) is 9.92. The van der Waals surface area contributed by atoms with Crippen molar-refractivity contribution in [3.05, 3.63) is 47.3 Å². The number of carbonyl (C=O) groups is 1. The first-order valence-electron chi connectivity index (χ1n) is 5.92. The lowest BCUT2D eigenvalue weighted by Crippen LogP contribution is -2.07. The molecule has 1 heterocycles. The Morgan fingerprint density at radius 3 is 2.81 bits per heavy atom. The van der Waals surface area contributed by atoms with Crippen molar-refractivity contribution in [2.24, 2.45) is 0 Å². The minimum absolute atomic E-state index is 0.0707. The van der Waals surface area contributed by atoms with Crippen LogP contribution in [0.15, 0.2) is 39.8 Å². The summed E-state index contributed by atoms with van der Waals surface area (Å²) in [6.07, 6.45) is 0. The number of aromatic nitrogens is 1. The van der Waals surface area contributed by atoms with Crippen molar-refractivity contribution in [3.8, 4) is 0 Å². The molecule has 112 valence electrons. The lowest BCUT2D eigenvalue weighted by molar-refractivity contribution is 0.0696. The molecular weight excluding hydrogens is 298 g/mol. The molecule has 0 fully saturated rings. The predicted molar refractivity (Wildman–Crippen MR) is 71.5 cm³/mol. The molecule has 0 unspecified atom stereocenters. The number of ether oxygens (including phenoxy) is 1. The lowest BCUT2D eigenvalue weighted by atomic mass is 10.2. The van der Waals surface area contributed by atoms with E-state index in [9.17, 15) is 13.2 Å². The predicted octanol–water partition coefficient (Wildman–Crippen LogP) is 1.49. The van der Waals surface area contributed by atoms with Crippen LogP contribution < -0.4 is 0 Å². The monoisotopic (exact) mass is 311 g/mol. The Bertz CT molecular complexity index is 750. The second kappa shape index (κ2) is 6.06. The van der Waals surface area contributed by atoms with Gasteiger partial charge in [0.2, 0.25) is 0 Å². The average Bonchev–Trinajstić information content (AvgIpc) is 2.86. The highest BCUT2D eigenvalue weighted by Gasteiger charge is 2.19. The Labute approximate surface area is 121 Å². The van der Waals surface area contributed by atoms with Crippen molar-refractivity contribution >= 4 is 15.8 Å². The number of methoxy groups -OCH3 is 1. The fourth-order valence-electron chi connectivity index (χ4n) is 1.73. The smallest absolute Gasteiger partial charge is 0.335 e. The summed E-state index contributed by atoms with van der Waals surface area (Å²) in [5.74, 6) is -1.14. The quantitative estimate of drug-likeness (QED) is 0.861. The molecule has 0 amide bonds. The lowest BCUT2D eigenvalue weighted by Gasteiger charge is -2.03. The summed E-state index contributed by atoms with van der Waals surface area (Å²) in [7, 11) is -2.22. The van der Waals surface area contributed by atoms with Crippen molar-refractivity contribution in [3.63, 3.8) is 0 Å². The molecule has 0 aliphatic rings. The average molecular weight is 311 g/mol. The summed E-state index contributed by atoms with van der Waals surface area (Å²) >= 11 is 0. The zero-order valence-corrected chi connectivity index (χ0v) is 12.0. The number of hydrogen-bond donors (Lipinski definition) is 1. The van der Waals surface area contributed by atoms with Crippen molar-refractivity contribution in [2.45, 2.75) is 17.3 Å². The first-order valence-corrected chi connectivity index (χ1v) is 7.57. The van der Waals surface area contributed by atoms with Gasteiger partial charge < -0.3 is 14.4 Å². The van der Waals surface area contributed by atoms with Crippen molar-refractivity contribution in [1.82, 2.24) is 5.16 Å². The zero-order valence-electron chi connectivity index (χ0n) is 11.1. The fraction of sp³-hybridized carbons (Fsp3) is 0.231. The number of carboxylic acids is 1. The van der Waals surface area contributed by atoms with E-state index in [0.717, 1.165) is 6.07 Å². The van der Waals surface area contributed by atoms with Gasteiger partial charge in [-0.1, -0.05) is 11.2 Å². The van der Waals surface area contributed by atoms with Crippen LogP contribution in [0.5, 0.6) is 0 Å². The Morgan fingerprint density at radius 2 is 2.14 bits per heavy atom. The molecule has 2 aromatic rings. The number of hydrogen-bond acceptors (Lipinski definition) is 6. The van der Waals surface area contributed by atoms with Crippen LogP contribution in [-0.4, -0.2) is 31.8 Å². The summed E-state index contributed by atoms with van der Waals surface area (Å²) < 4.78 is 34.2. The molecule has 21 heavy (non-hydrogen) atoms. The van der Waals surface area contributed by atoms with E-state index in [-0.39, 0.29) is 28.5 Å². The minimum Gasteiger partial charge on any atom is -0.478 e. The number of benzene rings is 1. The van der Waals surface area contributed by atoms with Crippen molar-refractivity contribution < 1.29 is 27.6 Å². The standard InChI is InChI=1S/C13H13NO6S/c1-19-7-11-6-10(14-20-11)8-21(17,18)12-4-2-3-9(5-12)13(15)16/h2-6H,7-8H2,1H3,(H,15,16). The Hall–Kier alpha value is -2.19. The van der Waals surface area contributed by atoms with E-state index in [1.807, 2.05) is 0 Å². The van der Waals surface area contributed by atoms with Gasteiger partial charge in [0, 0.05) is 13.2 Å². The summed E-state index contributed by atoms with van der Waals surface area (Å²) in [6, 6.07) is 6.66. The summed E-state index contributed by atoms with van der Waals surface area (Å²) in [5.41, 5.74) is 0.152. The number of aromatic carboxylic acids is 1. The van der Waals surface area contributed by atoms with E-state index in [4.69, 9.17) is 14.4 Å². The molecule has 0 aliphatic carbocycles. The molecule has 0 saturated heterocycles. The van der Waals surface area contributed by atoms with E-state index in [1.54, 1.807) is 0 Å². The van der Waals surface area contributed by atoms with Gasteiger partial charge in [0.05, 0.1) is 16.2 Å². The van der Waals surface area contributed by atoms with E-state index in [0.29, 0.717) is 5.76 Å². The number of rotatable bonds is 6. The largest absolute Gasteiger partial charge is 0.478 e. The molecule has 7 nitrogen and oxygen atoms in total. The van der Waals surface area contributed by atoms with Gasteiger partial charge in [0.25, 0.3) is 0 Å². The summed E-state index contributed by atoms with van der Waals surface area (Å²) in [6.45, 7) is 0.196. The van der Waals surface area contributed by atoms with Crippen LogP contribution in [0.4, 0.5) is 0 Å². The van der Waals surface area contributed by atoms with Crippen LogP contribution >= 0.6 is 0 Å². The third-order valence-electron chi connectivity index (χ3n) is 2.67. The van der Waals surface area contributed by atoms with Gasteiger partial charge in [-0.25, -0.2) is 13.2 Å². The molecule has 1 aromatic carbocycles. The Morgan fingerprint density at radius 1 is 1.38 bits per heavy atom. The Balaban J connectivity index is 2.25. The number of carboxylic acid groups (broad SMARTS) is 1. The number of nitrogens with zero attached hydrogens (tertiary/aromatic N) is 1. The van der Waals surface area contributed by atoms with Crippen LogP contribution in [-0.2, 0) is 26.9 Å². The SMILES string of the molecule is COCc1cc(CS(=O)(=O)c2cccc(C(=O)O)c2)no1. The molecule has 0 spiro atoms. The van der Waals surface area contributed by atoms with Gasteiger partial charge >= 0.3 is 5.97 Å². The second-order valence-corrected chi connectivity index (χ2v) is 6.30. The highest BCUT2D eigenvalue weighted by Crippen LogP contribution is 2.18. The molecule has 0 radical (unpaired) electrons. The highest BCUT2D eigenvalue weighted by atomic mass is 32.2. The molecule has 2 rings (SSSR count). The molecule has 0 bridgehead atoms. The van der Waals surface area contributed by atoms with Gasteiger partial charge in [0.1, 0.15) is 12.4 Å². The maximum absolute atomic E-state index is 12.2. The van der Waals surface area contributed by atoms with Gasteiger partial charge in [0.15, 0.2) is 15.6 Å². The van der Waals surface area contributed by atoms with E-state index in [2.05, 4.69) is 5.16 Å². The zero-order chi connectivity index (χ0) is 15.5. The van der Waals surface area contributed by atoms with Gasteiger partial charge in [-0.15, -0.1) is 0 Å². The third kappa shape index (κ3) is 3.67. The third-order valence-corrected chi connectivity index (χ3v) is 4.32. The van der Waals surface area contributed by atoms with Gasteiger partial charge in [-0.3, -0.25) is 0 Å². The second-order valence-electron chi connectivity index (χ2n) is 4.31. The van der Waals surface area contributed by atoms with Crippen LogP contribution in [0, 0.1) is 0 Å². The highest BCUT2D eigenvalue weighted by molar-refractivity contribution is 7.90. The van der Waals surface area contributed by atoms with Crippen LogP contribution in [0.25, 0.3) is 0 Å². The minimum atomic E-state index is -3.70. The van der Waals surface area contributed by atoms with Crippen LogP contribution in [0.2, 0.25) is 0 Å². The van der Waals surface area contributed by atoms with E-state index in [1.165, 1.54) is 31.4 Å². The van der Waals surface area contributed by atoms with E-state index < -0.39 is 15.8 Å². The molecule has 8 heteroatoms. The molecular formula is C13H13NO6S. The normalized spacial score (nSPS) is 11.5. The fourth-order valence-corrected chi connectivity index (χ4v) is 3.02. The van der Waals surface area contributed by atoms with E-state index >= 15 is 0 Å². The van der Waals surface area contributed by atoms with Crippen LogP contribution in [0.3, 0.4) is 0 Å². The summed E-state index contributed by atoms with van der Waals surface area (Å²) in [4.78, 5) is 10.8. The van der Waals surface area contributed by atoms with Crippen molar-refractivity contribution in [1.29, 1.82) is 0 Å². The maximum Gasteiger partial charge on any atom is 0.335 e. The molecule has 0 aliphatic heterocycles. The van der Waals surface area contributed by atoms with Gasteiger partial charge in [-0.2, -0.15) is 0 Å². The summed E-state index contributed by atoms with van der Waals surface area (Å²) in [5, 5.41) is 12.5. The first kappa shape index (κ1) is 15.2. The topological polar surface area (TPSA) is 107 Å². The Kier molecular flexibility index (Phi) is 4.39. The molecule has 1 aromatic heterocycles. The van der Waals surface area contributed by atoms with Crippen LogP contribution in [0.1, 0.15) is 21.8 Å². The molecule has 0 atom stereocenters. The molecule has 0 saturated carbocycles. The number of sulfone groups is 1.